The number of nitrogens with zero attached hydrogens (tertiary/aromatic N) is 3. The van der Waals surface area contributed by atoms with Crippen LogP contribution in [0.4, 0.5) is 10.5 Å². The van der Waals surface area contributed by atoms with Crippen molar-refractivity contribution in [3.05, 3.63) is 32.9 Å². The summed E-state index contributed by atoms with van der Waals surface area (Å²) in [6.45, 7) is 0.122. The molecule has 2 heterocycles. The van der Waals surface area contributed by atoms with Crippen molar-refractivity contribution in [1.29, 1.82) is 0 Å². The van der Waals surface area contributed by atoms with Gasteiger partial charge in [0.15, 0.2) is 9.92 Å². The number of nitrogens with two attached hydrogens (primary N) is 1. The summed E-state index contributed by atoms with van der Waals surface area (Å²) in [7, 11) is -3.55. The van der Waals surface area contributed by atoms with Crippen LogP contribution in [0.2, 0.25) is 0 Å². The molecule has 2 amide bonds. The Balaban J connectivity index is 1.45. The van der Waals surface area contributed by atoms with Gasteiger partial charge in [-0.1, -0.05) is 15.9 Å². The van der Waals surface area contributed by atoms with Crippen LogP contribution in [0.15, 0.2) is 19.9 Å². The van der Waals surface area contributed by atoms with Gasteiger partial charge in [0.05, 0.1) is 19.3 Å². The van der Waals surface area contributed by atoms with Crippen molar-refractivity contribution < 1.29 is 18.8 Å². The van der Waals surface area contributed by atoms with E-state index in [1.54, 1.807) is 0 Å². The molecule has 2 atom stereocenters. The van der Waals surface area contributed by atoms with Crippen LogP contribution < -0.4 is 15.2 Å². The first-order valence-electron chi connectivity index (χ1n) is 8.93. The van der Waals surface area contributed by atoms with Gasteiger partial charge < -0.3 is 15.2 Å². The molecule has 0 saturated carbocycles. The standard InChI is InChI=1S/C17H18BrN5O4S/c18-14-9-1-3-11(9)15(12-4-2-10(12)14)21-17(25)22-28(19,26)13-5-20-23-6-8(7-24)27-16(13)23/h5,8,24H,1-4,6-7H2,(H3,19,21,22,25,26)/t8-,28?/m0/s1. The lowest BCUT2D eigenvalue weighted by Gasteiger charge is -2.33. The topological polar surface area (TPSA) is 132 Å². The normalized spacial score (nSPS) is 20.6. The number of carbonyl (C=O) groups excluding carboxylic acids is 1. The number of rotatable bonds is 3. The lowest BCUT2D eigenvalue weighted by atomic mass is 9.76. The van der Waals surface area contributed by atoms with Crippen molar-refractivity contribution in [1.82, 2.24) is 9.78 Å². The van der Waals surface area contributed by atoms with Crippen LogP contribution >= 0.6 is 15.9 Å². The number of aromatic nitrogens is 2. The highest BCUT2D eigenvalue weighted by Crippen LogP contribution is 2.46. The molecular formula is C17H18BrN5O4S. The Morgan fingerprint density at radius 3 is 2.57 bits per heavy atom. The molecule has 28 heavy (non-hydrogen) atoms. The number of nitrogens with one attached hydrogen (secondary N) is 1. The van der Waals surface area contributed by atoms with Crippen LogP contribution in [-0.2, 0) is 42.1 Å². The number of anilines is 1. The number of ether oxygens (including phenoxy) is 1. The molecule has 1 aliphatic heterocycles. The quantitative estimate of drug-likeness (QED) is 0.629. The third kappa shape index (κ3) is 2.60. The van der Waals surface area contributed by atoms with Crippen molar-refractivity contribution in [2.75, 3.05) is 11.9 Å². The fraction of sp³-hybridized carbons (Fsp3) is 0.412. The van der Waals surface area contributed by atoms with Gasteiger partial charge >= 0.3 is 6.03 Å². The van der Waals surface area contributed by atoms with Gasteiger partial charge in [0.2, 0.25) is 5.88 Å². The van der Waals surface area contributed by atoms with E-state index in [4.69, 9.17) is 9.88 Å². The van der Waals surface area contributed by atoms with Crippen molar-refractivity contribution in [3.63, 3.8) is 0 Å². The molecule has 1 unspecified atom stereocenters. The number of aliphatic hydroxyl groups is 1. The molecule has 9 nitrogen and oxygen atoms in total. The van der Waals surface area contributed by atoms with Gasteiger partial charge in [-0.3, -0.25) is 0 Å². The Morgan fingerprint density at radius 2 is 2.00 bits per heavy atom. The largest absolute Gasteiger partial charge is 0.469 e. The SMILES string of the molecule is NS(=O)(=NC(=O)Nc1c2c(c(Br)c3c1CC3)CC2)c1cnn2c1O[C@H](CO)C2. The van der Waals surface area contributed by atoms with Crippen molar-refractivity contribution >= 4 is 37.6 Å². The summed E-state index contributed by atoms with van der Waals surface area (Å²) in [4.78, 5) is 12.6. The van der Waals surface area contributed by atoms with E-state index in [1.165, 1.54) is 22.0 Å². The van der Waals surface area contributed by atoms with Crippen LogP contribution in [0.1, 0.15) is 22.3 Å². The van der Waals surface area contributed by atoms with Gasteiger partial charge in [0, 0.05) is 10.2 Å². The second-order valence-corrected chi connectivity index (χ2v) is 9.66. The molecule has 1 aromatic carbocycles. The highest BCUT2D eigenvalue weighted by molar-refractivity contribution is 9.10. The summed E-state index contributed by atoms with van der Waals surface area (Å²) in [5, 5.41) is 22.0. The fourth-order valence-electron chi connectivity index (χ4n) is 3.89. The third-order valence-electron chi connectivity index (χ3n) is 5.50. The summed E-state index contributed by atoms with van der Waals surface area (Å²) in [6.07, 6.45) is 4.54. The average Bonchev–Trinajstić information content (AvgIpc) is 3.10. The molecular weight excluding hydrogens is 450 g/mol. The van der Waals surface area contributed by atoms with Crippen LogP contribution in [0.3, 0.4) is 0 Å². The highest BCUT2D eigenvalue weighted by atomic mass is 79.9. The number of halogens is 1. The maximum atomic E-state index is 12.9. The predicted molar refractivity (Wildman–Crippen MR) is 105 cm³/mol. The molecule has 2 aromatic rings. The smallest absolute Gasteiger partial charge is 0.354 e. The highest BCUT2D eigenvalue weighted by Gasteiger charge is 2.33. The molecule has 0 saturated heterocycles. The lowest BCUT2D eigenvalue weighted by Crippen LogP contribution is -2.25. The van der Waals surface area contributed by atoms with Crippen LogP contribution in [0.5, 0.6) is 5.88 Å². The summed E-state index contributed by atoms with van der Waals surface area (Å²) < 4.78 is 24.8. The first-order valence-corrected chi connectivity index (χ1v) is 11.3. The molecule has 11 heteroatoms. The minimum Gasteiger partial charge on any atom is -0.469 e. The van der Waals surface area contributed by atoms with E-state index in [1.807, 2.05) is 0 Å². The number of amides is 2. The number of fused-ring (bicyclic) bond motifs is 3. The fourth-order valence-corrected chi connectivity index (χ4v) is 5.76. The number of carbonyl (C=O) groups is 1. The molecule has 148 valence electrons. The van der Waals surface area contributed by atoms with Gasteiger partial charge in [0.25, 0.3) is 0 Å². The van der Waals surface area contributed by atoms with Crippen molar-refractivity contribution in [2.24, 2.45) is 9.50 Å². The molecule has 0 radical (unpaired) electrons. The van der Waals surface area contributed by atoms with Gasteiger partial charge in [-0.15, -0.1) is 4.36 Å². The molecule has 0 bridgehead atoms. The van der Waals surface area contributed by atoms with E-state index in [9.17, 15) is 14.1 Å². The van der Waals surface area contributed by atoms with Crippen LogP contribution in [0.25, 0.3) is 0 Å². The van der Waals surface area contributed by atoms with E-state index in [2.05, 4.69) is 30.7 Å². The molecule has 1 aromatic heterocycles. The Labute approximate surface area is 169 Å². The monoisotopic (exact) mass is 467 g/mol. The minimum atomic E-state index is -3.55. The van der Waals surface area contributed by atoms with Crippen molar-refractivity contribution in [3.8, 4) is 5.88 Å². The molecule has 0 spiro atoms. The van der Waals surface area contributed by atoms with E-state index in [0.29, 0.717) is 6.54 Å². The average molecular weight is 468 g/mol. The molecule has 0 fully saturated rings. The van der Waals surface area contributed by atoms with Gasteiger partial charge in [-0.25, -0.2) is 18.8 Å². The summed E-state index contributed by atoms with van der Waals surface area (Å²) in [5.74, 6) is 0.180. The zero-order valence-corrected chi connectivity index (χ0v) is 17.2. The minimum absolute atomic E-state index is 0.0513. The zero-order valence-electron chi connectivity index (χ0n) is 14.8. The van der Waals surface area contributed by atoms with E-state index >= 15 is 0 Å². The first kappa shape index (κ1) is 18.1. The predicted octanol–water partition coefficient (Wildman–Crippen LogP) is 1.53. The lowest BCUT2D eigenvalue weighted by molar-refractivity contribution is 0.130. The Hall–Kier alpha value is -1.95. The number of hydrogen-bond donors (Lipinski definition) is 3. The number of hydrogen-bond acceptors (Lipinski definition) is 5. The second-order valence-electron chi connectivity index (χ2n) is 7.11. The number of aliphatic hydroxyl groups excluding tert-OH is 1. The van der Waals surface area contributed by atoms with Crippen molar-refractivity contribution in [2.45, 2.75) is 43.2 Å². The Kier molecular flexibility index (Phi) is 4.06. The molecule has 4 N–H and O–H groups in total. The Bertz CT molecular complexity index is 1120. The van der Waals surface area contributed by atoms with E-state index in [-0.39, 0.29) is 17.4 Å². The second kappa shape index (κ2) is 6.28. The summed E-state index contributed by atoms with van der Waals surface area (Å²) in [5.41, 5.74) is 5.45. The van der Waals surface area contributed by atoms with Gasteiger partial charge in [0.1, 0.15) is 11.0 Å². The summed E-state index contributed by atoms with van der Waals surface area (Å²) >= 11 is 3.65. The number of urea groups is 1. The van der Waals surface area contributed by atoms with E-state index in [0.717, 1.165) is 47.0 Å². The molecule has 2 aliphatic carbocycles. The zero-order chi connectivity index (χ0) is 19.6. The maximum Gasteiger partial charge on any atom is 0.354 e. The first-order chi connectivity index (χ1) is 13.4. The molecule has 3 aliphatic rings. The summed E-state index contributed by atoms with van der Waals surface area (Å²) in [6, 6.07) is -0.755. The van der Waals surface area contributed by atoms with Gasteiger partial charge in [-0.2, -0.15) is 5.10 Å². The van der Waals surface area contributed by atoms with Gasteiger partial charge in [-0.05, 0) is 47.9 Å². The molecule has 5 rings (SSSR count). The van der Waals surface area contributed by atoms with Crippen LogP contribution in [-0.4, -0.2) is 37.8 Å². The number of benzene rings is 1. The van der Waals surface area contributed by atoms with Crippen LogP contribution in [0, 0.1) is 0 Å². The third-order valence-corrected chi connectivity index (χ3v) is 7.80. The van der Waals surface area contributed by atoms with E-state index < -0.39 is 22.1 Å². The maximum absolute atomic E-state index is 12.9. The Morgan fingerprint density at radius 1 is 1.36 bits per heavy atom.